The largest absolute Gasteiger partial charge is 0.489 e. The van der Waals surface area contributed by atoms with Crippen LogP contribution < -0.4 is 14.2 Å². The Bertz CT molecular complexity index is 1220. The molecular weight excluding hydrogens is 388 g/mol. The molecule has 4 heteroatoms. The number of para-hydroxylation sites is 1. The molecule has 0 bridgehead atoms. The van der Waals surface area contributed by atoms with Gasteiger partial charge in [0.1, 0.15) is 30.0 Å². The Labute approximate surface area is 181 Å². The molecule has 3 aromatic rings. The molecule has 0 aromatic heterocycles. The van der Waals surface area contributed by atoms with Crippen LogP contribution in [0.25, 0.3) is 6.08 Å². The number of benzene rings is 3. The molecule has 0 spiro atoms. The highest BCUT2D eigenvalue weighted by molar-refractivity contribution is 6.12. The number of hydrogen-bond acceptors (Lipinski definition) is 4. The lowest BCUT2D eigenvalue weighted by Crippen LogP contribution is -2.18. The molecule has 4 nitrogen and oxygen atoms in total. The number of ether oxygens (including phenoxy) is 3. The van der Waals surface area contributed by atoms with Crippen molar-refractivity contribution >= 4 is 11.9 Å². The molecule has 0 aliphatic carbocycles. The van der Waals surface area contributed by atoms with E-state index in [4.69, 9.17) is 14.2 Å². The Morgan fingerprint density at radius 2 is 1.81 bits per heavy atom. The number of carbonyl (C=O) groups excluding carboxylic acids is 1. The Kier molecular flexibility index (Phi) is 4.83. The number of ketones is 1. The summed E-state index contributed by atoms with van der Waals surface area (Å²) in [5.74, 6) is 2.19. The van der Waals surface area contributed by atoms with E-state index in [1.807, 2.05) is 49.4 Å². The molecular formula is C27H22O4. The summed E-state index contributed by atoms with van der Waals surface area (Å²) in [6.07, 6.45) is 3.64. The number of hydrogen-bond donors (Lipinski definition) is 0. The maximum atomic E-state index is 12.8. The van der Waals surface area contributed by atoms with Gasteiger partial charge in [-0.2, -0.15) is 0 Å². The van der Waals surface area contributed by atoms with Gasteiger partial charge in [0.05, 0.1) is 5.56 Å². The van der Waals surface area contributed by atoms with Crippen LogP contribution >= 0.6 is 0 Å². The van der Waals surface area contributed by atoms with Crippen LogP contribution in [0.15, 0.2) is 84.1 Å². The standard InChI is InChI=1S/C27H22O4/c1-17-7-9-19(10-8-17)16-29-22-11-12-23-25(15-22)31-26(27(23)28)14-21-13-20-5-3-4-6-24(20)30-18(21)2/h3-15,18H,16H2,1-2H3/b26-14-/t18-/m1/s1. The van der Waals surface area contributed by atoms with E-state index in [1.54, 1.807) is 24.3 Å². The lowest BCUT2D eigenvalue weighted by molar-refractivity contribution is 0.101. The van der Waals surface area contributed by atoms with Crippen LogP contribution in [0.4, 0.5) is 0 Å². The zero-order chi connectivity index (χ0) is 21.4. The topological polar surface area (TPSA) is 44.8 Å². The summed E-state index contributed by atoms with van der Waals surface area (Å²) in [5.41, 5.74) is 4.72. The molecule has 31 heavy (non-hydrogen) atoms. The van der Waals surface area contributed by atoms with Crippen molar-refractivity contribution in [2.75, 3.05) is 0 Å². The molecule has 0 saturated carbocycles. The molecule has 0 radical (unpaired) electrons. The average Bonchev–Trinajstić information content (AvgIpc) is 3.08. The fourth-order valence-corrected chi connectivity index (χ4v) is 3.68. The molecule has 0 saturated heterocycles. The lowest BCUT2D eigenvalue weighted by Gasteiger charge is -2.22. The predicted molar refractivity (Wildman–Crippen MR) is 120 cm³/mol. The van der Waals surface area contributed by atoms with E-state index in [1.165, 1.54) is 5.56 Å². The van der Waals surface area contributed by atoms with Gasteiger partial charge in [-0.05, 0) is 55.3 Å². The van der Waals surface area contributed by atoms with Gasteiger partial charge in [-0.3, -0.25) is 4.79 Å². The van der Waals surface area contributed by atoms with E-state index < -0.39 is 0 Å². The van der Waals surface area contributed by atoms with Crippen molar-refractivity contribution in [3.05, 3.63) is 106 Å². The third kappa shape index (κ3) is 3.84. The molecule has 2 heterocycles. The van der Waals surface area contributed by atoms with Gasteiger partial charge < -0.3 is 14.2 Å². The first kappa shape index (κ1) is 19.2. The van der Waals surface area contributed by atoms with Crippen molar-refractivity contribution in [2.45, 2.75) is 26.6 Å². The lowest BCUT2D eigenvalue weighted by atomic mass is 10.0. The van der Waals surface area contributed by atoms with Crippen LogP contribution in [0.3, 0.4) is 0 Å². The van der Waals surface area contributed by atoms with Crippen LogP contribution in [-0.4, -0.2) is 11.9 Å². The average molecular weight is 410 g/mol. The predicted octanol–water partition coefficient (Wildman–Crippen LogP) is 5.90. The van der Waals surface area contributed by atoms with Crippen molar-refractivity contribution in [3.8, 4) is 17.2 Å². The fraction of sp³-hybridized carbons (Fsp3) is 0.148. The normalized spacial score (nSPS) is 18.0. The number of allylic oxidation sites excluding steroid dienone is 1. The number of fused-ring (bicyclic) bond motifs is 2. The highest BCUT2D eigenvalue weighted by Crippen LogP contribution is 2.36. The van der Waals surface area contributed by atoms with E-state index in [2.05, 4.69) is 19.1 Å². The third-order valence-electron chi connectivity index (χ3n) is 5.48. The molecule has 0 fully saturated rings. The number of Topliss-reactive ketones (excluding diaryl/α,β-unsaturated/α-hetero) is 1. The van der Waals surface area contributed by atoms with E-state index in [0.717, 1.165) is 22.4 Å². The van der Waals surface area contributed by atoms with Gasteiger partial charge in [-0.25, -0.2) is 0 Å². The molecule has 2 aliphatic heterocycles. The van der Waals surface area contributed by atoms with Gasteiger partial charge in [0.2, 0.25) is 5.78 Å². The highest BCUT2D eigenvalue weighted by Gasteiger charge is 2.29. The monoisotopic (exact) mass is 410 g/mol. The van der Waals surface area contributed by atoms with E-state index in [-0.39, 0.29) is 11.9 Å². The first-order valence-corrected chi connectivity index (χ1v) is 10.3. The van der Waals surface area contributed by atoms with Gasteiger partial charge in [-0.15, -0.1) is 0 Å². The summed E-state index contributed by atoms with van der Waals surface area (Å²) >= 11 is 0. The van der Waals surface area contributed by atoms with Crippen molar-refractivity contribution in [3.63, 3.8) is 0 Å². The summed E-state index contributed by atoms with van der Waals surface area (Å²) in [5, 5.41) is 0. The van der Waals surface area contributed by atoms with Crippen LogP contribution in [-0.2, 0) is 6.61 Å². The fourth-order valence-electron chi connectivity index (χ4n) is 3.68. The first-order valence-electron chi connectivity index (χ1n) is 10.3. The summed E-state index contributed by atoms with van der Waals surface area (Å²) in [6, 6.07) is 21.4. The molecule has 0 amide bonds. The quantitative estimate of drug-likeness (QED) is 0.503. The Balaban J connectivity index is 1.35. The summed E-state index contributed by atoms with van der Waals surface area (Å²) in [6.45, 7) is 4.47. The second-order valence-corrected chi connectivity index (χ2v) is 7.81. The summed E-state index contributed by atoms with van der Waals surface area (Å²) < 4.78 is 17.8. The molecule has 2 aliphatic rings. The second kappa shape index (κ2) is 7.80. The summed E-state index contributed by atoms with van der Waals surface area (Å²) in [4.78, 5) is 12.8. The number of aryl methyl sites for hydroxylation is 1. The number of carbonyl (C=O) groups is 1. The maximum Gasteiger partial charge on any atom is 0.231 e. The van der Waals surface area contributed by atoms with Crippen molar-refractivity contribution < 1.29 is 19.0 Å². The third-order valence-corrected chi connectivity index (χ3v) is 5.48. The van der Waals surface area contributed by atoms with Crippen LogP contribution in [0.5, 0.6) is 17.2 Å². The van der Waals surface area contributed by atoms with Crippen molar-refractivity contribution in [1.29, 1.82) is 0 Å². The minimum absolute atomic E-state index is 0.132. The van der Waals surface area contributed by atoms with Crippen LogP contribution in [0.1, 0.15) is 34.0 Å². The molecule has 0 N–H and O–H groups in total. The smallest absolute Gasteiger partial charge is 0.231 e. The Morgan fingerprint density at radius 1 is 1.00 bits per heavy atom. The van der Waals surface area contributed by atoms with E-state index in [0.29, 0.717) is 29.4 Å². The Morgan fingerprint density at radius 3 is 2.65 bits per heavy atom. The van der Waals surface area contributed by atoms with Crippen molar-refractivity contribution in [2.24, 2.45) is 0 Å². The molecule has 1 atom stereocenters. The summed E-state index contributed by atoms with van der Waals surface area (Å²) in [7, 11) is 0. The van der Waals surface area contributed by atoms with Gasteiger partial charge in [0.15, 0.2) is 5.76 Å². The minimum Gasteiger partial charge on any atom is -0.489 e. The zero-order valence-corrected chi connectivity index (χ0v) is 17.4. The second-order valence-electron chi connectivity index (χ2n) is 7.81. The first-order chi connectivity index (χ1) is 15.1. The van der Waals surface area contributed by atoms with Gasteiger partial charge >= 0.3 is 0 Å². The van der Waals surface area contributed by atoms with Crippen LogP contribution in [0, 0.1) is 6.92 Å². The molecule has 154 valence electrons. The van der Waals surface area contributed by atoms with Crippen molar-refractivity contribution in [1.82, 2.24) is 0 Å². The van der Waals surface area contributed by atoms with Gasteiger partial charge in [-0.1, -0.05) is 48.0 Å². The Hall–Kier alpha value is -3.79. The van der Waals surface area contributed by atoms with E-state index in [9.17, 15) is 4.79 Å². The zero-order valence-electron chi connectivity index (χ0n) is 17.4. The van der Waals surface area contributed by atoms with E-state index >= 15 is 0 Å². The maximum absolute atomic E-state index is 12.8. The van der Waals surface area contributed by atoms with Gasteiger partial charge in [0, 0.05) is 11.6 Å². The SMILES string of the molecule is Cc1ccc(COc2ccc3c(c2)O/C(=C\C2=Cc4ccccc4O[C@@H]2C)C3=O)cc1. The number of rotatable bonds is 4. The molecule has 5 rings (SSSR count). The minimum atomic E-state index is -0.170. The molecule has 3 aromatic carbocycles. The van der Waals surface area contributed by atoms with Gasteiger partial charge in [0.25, 0.3) is 0 Å². The van der Waals surface area contributed by atoms with Crippen LogP contribution in [0.2, 0.25) is 0 Å². The highest BCUT2D eigenvalue weighted by atomic mass is 16.5. The molecule has 0 unspecified atom stereocenters.